The monoisotopic (exact) mass is 222 g/mol. The van der Waals surface area contributed by atoms with Crippen molar-refractivity contribution in [3.8, 4) is 5.75 Å². The summed E-state index contributed by atoms with van der Waals surface area (Å²) in [6, 6.07) is 4.10. The van der Waals surface area contributed by atoms with Crippen molar-refractivity contribution >= 4 is 0 Å². The molecule has 16 heavy (non-hydrogen) atoms. The van der Waals surface area contributed by atoms with E-state index in [9.17, 15) is 0 Å². The molecule has 0 aliphatic rings. The van der Waals surface area contributed by atoms with Crippen LogP contribution in [-0.2, 0) is 6.42 Å². The van der Waals surface area contributed by atoms with E-state index >= 15 is 0 Å². The van der Waals surface area contributed by atoms with E-state index in [0.717, 1.165) is 30.7 Å². The third-order valence-corrected chi connectivity index (χ3v) is 2.36. The summed E-state index contributed by atoms with van der Waals surface area (Å²) >= 11 is 0. The minimum absolute atomic E-state index is 0.151. The lowest BCUT2D eigenvalue weighted by Gasteiger charge is -2.13. The number of nitrogens with zero attached hydrogens (tertiary/aromatic N) is 1. The average Bonchev–Trinajstić information content (AvgIpc) is 2.20. The van der Waals surface area contributed by atoms with Gasteiger partial charge < -0.3 is 10.5 Å². The molecule has 0 aromatic carbocycles. The molecule has 3 heteroatoms. The smallest absolute Gasteiger partial charge is 0.138 e. The van der Waals surface area contributed by atoms with Gasteiger partial charge in [0.1, 0.15) is 5.75 Å². The van der Waals surface area contributed by atoms with Crippen molar-refractivity contribution in [3.05, 3.63) is 24.0 Å². The highest BCUT2D eigenvalue weighted by Crippen LogP contribution is 2.13. The molecular weight excluding hydrogens is 200 g/mol. The number of ether oxygens (including phenoxy) is 1. The molecule has 1 aromatic rings. The van der Waals surface area contributed by atoms with Crippen LogP contribution in [0.3, 0.4) is 0 Å². The van der Waals surface area contributed by atoms with E-state index in [1.54, 1.807) is 6.20 Å². The first kappa shape index (κ1) is 13.0. The fourth-order valence-electron chi connectivity index (χ4n) is 1.63. The van der Waals surface area contributed by atoms with Gasteiger partial charge in [0.15, 0.2) is 0 Å². The highest BCUT2D eigenvalue weighted by atomic mass is 16.5. The second-order valence-electron chi connectivity index (χ2n) is 4.38. The van der Waals surface area contributed by atoms with Crippen LogP contribution in [0, 0.1) is 0 Å². The molecule has 0 spiro atoms. The summed E-state index contributed by atoms with van der Waals surface area (Å²) in [5.74, 6) is 0.842. The van der Waals surface area contributed by atoms with E-state index in [1.807, 2.05) is 19.1 Å². The van der Waals surface area contributed by atoms with E-state index in [1.165, 1.54) is 0 Å². The van der Waals surface area contributed by atoms with Gasteiger partial charge >= 0.3 is 0 Å². The predicted molar refractivity (Wildman–Crippen MR) is 66.6 cm³/mol. The standard InChI is InChI=1S/C13H22N2O/c1-4-5-11(3)16-13-7-6-12(15-9-13)8-10(2)14/h6-7,9-11H,4-5,8,14H2,1-3H3. The molecule has 3 nitrogen and oxygen atoms in total. The molecule has 90 valence electrons. The van der Waals surface area contributed by atoms with Gasteiger partial charge in [-0.2, -0.15) is 0 Å². The predicted octanol–water partition coefficient (Wildman–Crippen LogP) is 2.54. The minimum Gasteiger partial charge on any atom is -0.489 e. The number of aromatic nitrogens is 1. The van der Waals surface area contributed by atoms with Crippen molar-refractivity contribution in [1.82, 2.24) is 4.98 Å². The first-order chi connectivity index (χ1) is 7.61. The maximum absolute atomic E-state index is 5.72. The molecule has 0 saturated carbocycles. The van der Waals surface area contributed by atoms with Gasteiger partial charge in [-0.1, -0.05) is 13.3 Å². The first-order valence-electron chi connectivity index (χ1n) is 5.99. The lowest BCUT2D eigenvalue weighted by molar-refractivity contribution is 0.209. The highest BCUT2D eigenvalue weighted by Gasteiger charge is 2.04. The Bertz CT molecular complexity index is 295. The molecule has 2 atom stereocenters. The van der Waals surface area contributed by atoms with E-state index < -0.39 is 0 Å². The van der Waals surface area contributed by atoms with E-state index in [2.05, 4.69) is 18.8 Å². The van der Waals surface area contributed by atoms with Gasteiger partial charge in [-0.05, 0) is 32.4 Å². The van der Waals surface area contributed by atoms with Crippen LogP contribution in [0.5, 0.6) is 5.75 Å². The van der Waals surface area contributed by atoms with Crippen molar-refractivity contribution in [2.45, 2.75) is 52.2 Å². The molecule has 0 fully saturated rings. The lowest BCUT2D eigenvalue weighted by atomic mass is 10.2. The Kier molecular flexibility index (Phi) is 5.26. The second-order valence-corrected chi connectivity index (χ2v) is 4.38. The molecule has 0 bridgehead atoms. The van der Waals surface area contributed by atoms with Crippen LogP contribution in [0.25, 0.3) is 0 Å². The van der Waals surface area contributed by atoms with Crippen LogP contribution >= 0.6 is 0 Å². The maximum atomic E-state index is 5.72. The molecule has 0 aliphatic heterocycles. The number of pyridine rings is 1. The van der Waals surface area contributed by atoms with Gasteiger partial charge in [0.2, 0.25) is 0 Å². The van der Waals surface area contributed by atoms with Gasteiger partial charge in [-0.25, -0.2) is 0 Å². The van der Waals surface area contributed by atoms with Crippen LogP contribution < -0.4 is 10.5 Å². The molecular formula is C13H22N2O. The molecule has 0 saturated heterocycles. The van der Waals surface area contributed by atoms with Gasteiger partial charge in [0, 0.05) is 18.2 Å². The van der Waals surface area contributed by atoms with Crippen molar-refractivity contribution < 1.29 is 4.74 Å². The third-order valence-electron chi connectivity index (χ3n) is 2.36. The quantitative estimate of drug-likeness (QED) is 0.804. The summed E-state index contributed by atoms with van der Waals surface area (Å²) in [6.45, 7) is 6.22. The Morgan fingerprint density at radius 1 is 1.38 bits per heavy atom. The van der Waals surface area contributed by atoms with Crippen molar-refractivity contribution in [3.63, 3.8) is 0 Å². The molecule has 1 rings (SSSR count). The largest absolute Gasteiger partial charge is 0.489 e. The number of hydrogen-bond acceptors (Lipinski definition) is 3. The topological polar surface area (TPSA) is 48.1 Å². The van der Waals surface area contributed by atoms with E-state index in [-0.39, 0.29) is 12.1 Å². The minimum atomic E-state index is 0.151. The highest BCUT2D eigenvalue weighted by molar-refractivity contribution is 5.20. The van der Waals surface area contributed by atoms with Crippen LogP contribution in [0.4, 0.5) is 0 Å². The summed E-state index contributed by atoms with van der Waals surface area (Å²) in [7, 11) is 0. The maximum Gasteiger partial charge on any atom is 0.138 e. The summed E-state index contributed by atoms with van der Waals surface area (Å²) in [4.78, 5) is 4.33. The molecule has 1 aromatic heterocycles. The number of hydrogen-bond donors (Lipinski definition) is 1. The number of rotatable bonds is 6. The van der Waals surface area contributed by atoms with Gasteiger partial charge in [-0.15, -0.1) is 0 Å². The Labute approximate surface area is 98.0 Å². The SMILES string of the molecule is CCCC(C)Oc1ccc(CC(C)N)nc1. The van der Waals surface area contributed by atoms with Gasteiger partial charge in [0.05, 0.1) is 12.3 Å². The molecule has 1 heterocycles. The fourth-order valence-corrected chi connectivity index (χ4v) is 1.63. The third kappa shape index (κ3) is 4.62. The molecule has 2 N–H and O–H groups in total. The van der Waals surface area contributed by atoms with Gasteiger partial charge in [0.25, 0.3) is 0 Å². The van der Waals surface area contributed by atoms with Crippen molar-refractivity contribution in [2.75, 3.05) is 0 Å². The van der Waals surface area contributed by atoms with Crippen LogP contribution in [0.15, 0.2) is 18.3 Å². The van der Waals surface area contributed by atoms with Crippen LogP contribution in [0.1, 0.15) is 39.3 Å². The van der Waals surface area contributed by atoms with Crippen molar-refractivity contribution in [2.24, 2.45) is 5.73 Å². The first-order valence-corrected chi connectivity index (χ1v) is 5.99. The fraction of sp³-hybridized carbons (Fsp3) is 0.615. The Balaban J connectivity index is 2.50. The van der Waals surface area contributed by atoms with E-state index in [4.69, 9.17) is 10.5 Å². The Morgan fingerprint density at radius 3 is 2.62 bits per heavy atom. The number of nitrogens with two attached hydrogens (primary N) is 1. The Morgan fingerprint density at radius 2 is 2.12 bits per heavy atom. The molecule has 0 aliphatic carbocycles. The summed E-state index contributed by atoms with van der Waals surface area (Å²) in [5, 5.41) is 0. The summed E-state index contributed by atoms with van der Waals surface area (Å²) < 4.78 is 5.72. The normalized spacial score (nSPS) is 14.5. The zero-order chi connectivity index (χ0) is 12.0. The lowest BCUT2D eigenvalue weighted by Crippen LogP contribution is -2.18. The summed E-state index contributed by atoms with van der Waals surface area (Å²) in [5.41, 5.74) is 6.73. The van der Waals surface area contributed by atoms with Crippen LogP contribution in [0.2, 0.25) is 0 Å². The molecule has 0 radical (unpaired) electrons. The van der Waals surface area contributed by atoms with Crippen molar-refractivity contribution in [1.29, 1.82) is 0 Å². The second kappa shape index (κ2) is 6.48. The zero-order valence-electron chi connectivity index (χ0n) is 10.4. The van der Waals surface area contributed by atoms with Gasteiger partial charge in [-0.3, -0.25) is 4.98 Å². The van der Waals surface area contributed by atoms with Crippen LogP contribution in [-0.4, -0.2) is 17.1 Å². The zero-order valence-corrected chi connectivity index (χ0v) is 10.4. The average molecular weight is 222 g/mol. The molecule has 0 amide bonds. The van der Waals surface area contributed by atoms with E-state index in [0.29, 0.717) is 0 Å². The summed E-state index contributed by atoms with van der Waals surface area (Å²) in [6.07, 6.45) is 5.05. The molecule has 2 unspecified atom stereocenters. The Hall–Kier alpha value is -1.09.